The lowest BCUT2D eigenvalue weighted by Crippen LogP contribution is -2.12. The van der Waals surface area contributed by atoms with Crippen LogP contribution >= 0.6 is 0 Å². The molecule has 0 fully saturated rings. The van der Waals surface area contributed by atoms with Gasteiger partial charge < -0.3 is 13.9 Å². The number of anilines is 3. The van der Waals surface area contributed by atoms with Crippen LogP contribution in [0.25, 0.3) is 93.9 Å². The highest BCUT2D eigenvalue weighted by molar-refractivity contribution is 6.15. The predicted octanol–water partition coefficient (Wildman–Crippen LogP) is 16.8. The first-order chi connectivity index (χ1) is 31.3. The van der Waals surface area contributed by atoms with Gasteiger partial charge in [-0.05, 0) is 100 Å². The normalized spacial score (nSPS) is 11.5. The van der Waals surface area contributed by atoms with Crippen LogP contribution in [0.5, 0.6) is 0 Å². The lowest BCUT2D eigenvalue weighted by molar-refractivity contribution is 0.669. The van der Waals surface area contributed by atoms with Crippen molar-refractivity contribution in [1.29, 1.82) is 0 Å². The quantitative estimate of drug-likeness (QED) is 0.153. The molecule has 10 aromatic carbocycles. The maximum absolute atomic E-state index is 6.50. The number of nitrogens with zero attached hydrogens (tertiary/aromatic N) is 2. The molecule has 3 nitrogen and oxygen atoms in total. The summed E-state index contributed by atoms with van der Waals surface area (Å²) in [6.07, 6.45) is 0. The first-order valence-electron chi connectivity index (χ1n) is 21.5. The Morgan fingerprint density at radius 2 is 0.794 bits per heavy atom. The third kappa shape index (κ3) is 6.29. The Labute approximate surface area is 366 Å². The number of fused-ring (bicyclic) bond motifs is 6. The second-order valence-corrected chi connectivity index (χ2v) is 16.1. The fourth-order valence-electron chi connectivity index (χ4n) is 9.48. The number of para-hydroxylation sites is 3. The Morgan fingerprint density at radius 3 is 1.44 bits per heavy atom. The number of benzene rings is 10. The lowest BCUT2D eigenvalue weighted by atomic mass is 9.98. The van der Waals surface area contributed by atoms with Crippen LogP contribution in [0, 0.1) is 0 Å². The topological polar surface area (TPSA) is 21.3 Å². The lowest BCUT2D eigenvalue weighted by Gasteiger charge is -2.29. The van der Waals surface area contributed by atoms with Crippen LogP contribution in [0.1, 0.15) is 0 Å². The second kappa shape index (κ2) is 15.3. The fraction of sp³-hybridized carbons (Fsp3) is 0. The van der Waals surface area contributed by atoms with Gasteiger partial charge in [-0.1, -0.05) is 176 Å². The first kappa shape index (κ1) is 36.5. The summed E-state index contributed by atoms with van der Waals surface area (Å²) in [6.45, 7) is 0. The van der Waals surface area contributed by atoms with Crippen molar-refractivity contribution in [1.82, 2.24) is 4.57 Å². The number of hydrogen-bond acceptors (Lipinski definition) is 2. The molecule has 63 heavy (non-hydrogen) atoms. The monoisotopic (exact) mass is 804 g/mol. The molecule has 12 rings (SSSR count). The van der Waals surface area contributed by atoms with Crippen LogP contribution in [0.15, 0.2) is 247 Å². The van der Waals surface area contributed by atoms with E-state index in [4.69, 9.17) is 4.42 Å². The van der Waals surface area contributed by atoms with Crippen LogP contribution < -0.4 is 4.90 Å². The van der Waals surface area contributed by atoms with E-state index >= 15 is 0 Å². The molecule has 0 spiro atoms. The Balaban J connectivity index is 1.09. The Hall–Kier alpha value is -8.40. The van der Waals surface area contributed by atoms with Gasteiger partial charge in [0.2, 0.25) is 0 Å². The van der Waals surface area contributed by atoms with Gasteiger partial charge in [0.25, 0.3) is 0 Å². The minimum absolute atomic E-state index is 0.854. The minimum atomic E-state index is 0.854. The molecule has 0 saturated heterocycles. The van der Waals surface area contributed by atoms with E-state index in [1.165, 1.54) is 44.2 Å². The van der Waals surface area contributed by atoms with Crippen molar-refractivity contribution in [2.45, 2.75) is 0 Å². The molecule has 0 N–H and O–H groups in total. The predicted molar refractivity (Wildman–Crippen MR) is 264 cm³/mol. The summed E-state index contributed by atoms with van der Waals surface area (Å²) in [7, 11) is 0. The van der Waals surface area contributed by atoms with Gasteiger partial charge in [0, 0.05) is 33.0 Å². The first-order valence-corrected chi connectivity index (χ1v) is 21.5. The fourth-order valence-corrected chi connectivity index (χ4v) is 9.48. The summed E-state index contributed by atoms with van der Waals surface area (Å²) in [5.74, 6) is 0. The standard InChI is InChI=1S/C60H40N2O/c1-4-17-41(18-5-1)44-31-35-47(36-32-44)61(57-28-16-30-59-60(57)50-25-12-15-29-58(50)63-59)53-26-13-10-23-48(53)49-24-11-14-27-54(49)62-55-37-33-45(42-19-6-2-7-20-42)39-51(55)52-40-46(34-38-56(52)62)43-21-8-3-9-22-43/h1-40H. The molecular formula is C60H40N2O. The van der Waals surface area contributed by atoms with Crippen molar-refractivity contribution in [3.05, 3.63) is 243 Å². The Kier molecular flexibility index (Phi) is 8.83. The molecule has 0 unspecified atom stereocenters. The number of rotatable bonds is 8. The third-order valence-electron chi connectivity index (χ3n) is 12.4. The molecule has 12 aromatic rings. The largest absolute Gasteiger partial charge is 0.456 e. The van der Waals surface area contributed by atoms with Gasteiger partial charge in [-0.25, -0.2) is 0 Å². The van der Waals surface area contributed by atoms with Gasteiger partial charge >= 0.3 is 0 Å². The zero-order valence-corrected chi connectivity index (χ0v) is 34.4. The summed E-state index contributed by atoms with van der Waals surface area (Å²) in [5, 5.41) is 4.59. The third-order valence-corrected chi connectivity index (χ3v) is 12.4. The highest BCUT2D eigenvalue weighted by Crippen LogP contribution is 2.48. The maximum atomic E-state index is 6.50. The van der Waals surface area contributed by atoms with Gasteiger partial charge in [0.15, 0.2) is 0 Å². The van der Waals surface area contributed by atoms with Crippen LogP contribution in [0.3, 0.4) is 0 Å². The Bertz CT molecular complexity index is 3510. The van der Waals surface area contributed by atoms with Crippen molar-refractivity contribution in [2.75, 3.05) is 4.90 Å². The van der Waals surface area contributed by atoms with Crippen molar-refractivity contribution in [2.24, 2.45) is 0 Å². The van der Waals surface area contributed by atoms with E-state index in [1.807, 2.05) is 6.07 Å². The van der Waals surface area contributed by atoms with E-state index in [9.17, 15) is 0 Å². The van der Waals surface area contributed by atoms with Crippen molar-refractivity contribution in [3.8, 4) is 50.2 Å². The zero-order chi connectivity index (χ0) is 41.7. The second-order valence-electron chi connectivity index (χ2n) is 16.1. The molecule has 0 saturated carbocycles. The zero-order valence-electron chi connectivity index (χ0n) is 34.4. The molecule has 0 radical (unpaired) electrons. The number of hydrogen-bond donors (Lipinski definition) is 0. The van der Waals surface area contributed by atoms with E-state index in [2.05, 4.69) is 246 Å². The van der Waals surface area contributed by atoms with Crippen molar-refractivity contribution < 1.29 is 4.42 Å². The molecule has 2 aromatic heterocycles. The summed E-state index contributed by atoms with van der Waals surface area (Å²) in [4.78, 5) is 2.41. The molecule has 0 atom stereocenters. The van der Waals surface area contributed by atoms with Gasteiger partial charge in [-0.3, -0.25) is 0 Å². The average molecular weight is 805 g/mol. The average Bonchev–Trinajstić information content (AvgIpc) is 3.91. The Morgan fingerprint density at radius 1 is 0.317 bits per heavy atom. The van der Waals surface area contributed by atoms with Gasteiger partial charge in [0.05, 0.1) is 33.5 Å². The van der Waals surface area contributed by atoms with Crippen LogP contribution in [-0.4, -0.2) is 4.57 Å². The van der Waals surface area contributed by atoms with Gasteiger partial charge in [-0.15, -0.1) is 0 Å². The SMILES string of the molecule is c1ccc(-c2ccc(N(c3ccccc3-c3ccccc3-n3c4ccc(-c5ccccc5)cc4c4cc(-c5ccccc5)ccc43)c3cccc4oc5ccccc5c34)cc2)cc1. The summed E-state index contributed by atoms with van der Waals surface area (Å²) < 4.78 is 8.96. The summed E-state index contributed by atoms with van der Waals surface area (Å²) >= 11 is 0. The maximum Gasteiger partial charge on any atom is 0.137 e. The smallest absolute Gasteiger partial charge is 0.137 e. The van der Waals surface area contributed by atoms with Crippen LogP contribution in [0.4, 0.5) is 17.1 Å². The van der Waals surface area contributed by atoms with E-state index in [1.54, 1.807) is 0 Å². The van der Waals surface area contributed by atoms with Gasteiger partial charge in [0.1, 0.15) is 11.2 Å². The summed E-state index contributed by atoms with van der Waals surface area (Å²) in [5.41, 5.74) is 17.7. The molecular weight excluding hydrogens is 765 g/mol. The van der Waals surface area contributed by atoms with E-state index < -0.39 is 0 Å². The highest BCUT2D eigenvalue weighted by Gasteiger charge is 2.24. The number of furan rings is 1. The highest BCUT2D eigenvalue weighted by atomic mass is 16.3. The van der Waals surface area contributed by atoms with Crippen molar-refractivity contribution >= 4 is 60.8 Å². The van der Waals surface area contributed by atoms with Crippen LogP contribution in [0.2, 0.25) is 0 Å². The van der Waals surface area contributed by atoms with E-state index in [0.29, 0.717) is 0 Å². The van der Waals surface area contributed by atoms with Crippen LogP contribution in [-0.2, 0) is 0 Å². The summed E-state index contributed by atoms with van der Waals surface area (Å²) in [6, 6.07) is 87.2. The number of aromatic nitrogens is 1. The molecule has 296 valence electrons. The molecule has 0 amide bonds. The van der Waals surface area contributed by atoms with E-state index in [0.717, 1.165) is 66.8 Å². The molecule has 0 bridgehead atoms. The van der Waals surface area contributed by atoms with Gasteiger partial charge in [-0.2, -0.15) is 0 Å². The molecule has 0 aliphatic heterocycles. The molecule has 3 heteroatoms. The molecule has 0 aliphatic carbocycles. The minimum Gasteiger partial charge on any atom is -0.456 e. The van der Waals surface area contributed by atoms with Crippen molar-refractivity contribution in [3.63, 3.8) is 0 Å². The molecule has 2 heterocycles. The van der Waals surface area contributed by atoms with E-state index in [-0.39, 0.29) is 0 Å². The molecule has 0 aliphatic rings.